The predicted octanol–water partition coefficient (Wildman–Crippen LogP) is 3.61. The van der Waals surface area contributed by atoms with Crippen LogP contribution < -0.4 is 15.3 Å². The van der Waals surface area contributed by atoms with Crippen LogP contribution in [0.15, 0.2) is 127 Å². The van der Waals surface area contributed by atoms with E-state index in [0.29, 0.717) is 0 Å². The average molecular weight is 664 g/mol. The third-order valence-electron chi connectivity index (χ3n) is 6.03. The molecule has 6 aromatic carbocycles. The summed E-state index contributed by atoms with van der Waals surface area (Å²) in [6, 6.07) is 37.5. The minimum atomic E-state index is -1.13. The van der Waals surface area contributed by atoms with Gasteiger partial charge in [-0.15, -0.1) is 0 Å². The summed E-state index contributed by atoms with van der Waals surface area (Å²) in [7, 11) is 0. The molecule has 0 aliphatic carbocycles. The molecule has 0 saturated carbocycles. The fraction of sp³-hybridized carbons (Fsp3) is 0. The molecule has 0 bridgehead atoms. The van der Waals surface area contributed by atoms with Crippen LogP contribution in [0.25, 0.3) is 32.3 Å². The standard InChI is InChI=1S/3C11H8O2.Sm/c3*12-11(13)10-7-3-5-8-4-1-2-6-9(8)10;/h3*1-7H,(H,12,13);/q;;;+3/p-3. The Bertz CT molecular complexity index is 1580. The van der Waals surface area contributed by atoms with E-state index in [0.717, 1.165) is 32.3 Å². The van der Waals surface area contributed by atoms with Gasteiger partial charge in [0.2, 0.25) is 0 Å². The summed E-state index contributed by atoms with van der Waals surface area (Å²) in [5.41, 5.74) is 0.745. The smallest absolute Gasteiger partial charge is 0.545 e. The maximum Gasteiger partial charge on any atom is 3.00 e. The second-order valence-electron chi connectivity index (χ2n) is 8.44. The number of hydrogen-bond acceptors (Lipinski definition) is 6. The van der Waals surface area contributed by atoms with Gasteiger partial charge in [-0.2, -0.15) is 0 Å². The zero-order valence-electron chi connectivity index (χ0n) is 21.0. The first kappa shape index (κ1) is 30.4. The zero-order chi connectivity index (χ0) is 27.8. The van der Waals surface area contributed by atoms with Gasteiger partial charge in [0.15, 0.2) is 0 Å². The Morgan fingerprint density at radius 1 is 0.350 bits per heavy atom. The Morgan fingerprint density at radius 3 is 0.825 bits per heavy atom. The first-order valence-electron chi connectivity index (χ1n) is 11.9. The molecule has 0 spiro atoms. The number of carbonyl (C=O) groups excluding carboxylic acids is 3. The van der Waals surface area contributed by atoms with Gasteiger partial charge in [-0.25, -0.2) is 0 Å². The Morgan fingerprint density at radius 2 is 0.575 bits per heavy atom. The van der Waals surface area contributed by atoms with E-state index in [1.54, 1.807) is 54.6 Å². The van der Waals surface area contributed by atoms with Crippen LogP contribution in [-0.2, 0) is 0 Å². The van der Waals surface area contributed by atoms with Crippen LogP contribution in [0.3, 0.4) is 0 Å². The fourth-order valence-corrected chi connectivity index (χ4v) is 4.21. The van der Waals surface area contributed by atoms with E-state index in [9.17, 15) is 29.7 Å². The van der Waals surface area contributed by atoms with Crippen LogP contribution in [0.5, 0.6) is 0 Å². The molecule has 0 amide bonds. The van der Waals surface area contributed by atoms with Crippen molar-refractivity contribution in [1.29, 1.82) is 0 Å². The van der Waals surface area contributed by atoms with Crippen LogP contribution in [0.2, 0.25) is 0 Å². The molecule has 0 aliphatic heterocycles. The summed E-state index contributed by atoms with van der Waals surface area (Å²) >= 11 is 0. The van der Waals surface area contributed by atoms with E-state index in [1.165, 1.54) is 0 Å². The second kappa shape index (κ2) is 14.3. The molecule has 6 aromatic rings. The van der Waals surface area contributed by atoms with E-state index in [1.807, 2.05) is 72.8 Å². The Labute approximate surface area is 262 Å². The van der Waals surface area contributed by atoms with Crippen molar-refractivity contribution in [3.8, 4) is 0 Å². The third-order valence-corrected chi connectivity index (χ3v) is 6.03. The Kier molecular flexibility index (Phi) is 10.9. The van der Waals surface area contributed by atoms with Crippen LogP contribution in [0.4, 0.5) is 0 Å². The monoisotopic (exact) mass is 665 g/mol. The molecular weight excluding hydrogens is 643 g/mol. The van der Waals surface area contributed by atoms with Crippen molar-refractivity contribution in [3.05, 3.63) is 144 Å². The van der Waals surface area contributed by atoms with Crippen LogP contribution in [0.1, 0.15) is 31.1 Å². The summed E-state index contributed by atoms with van der Waals surface area (Å²) in [6.45, 7) is 0. The number of benzene rings is 6. The minimum absolute atomic E-state index is 0. The van der Waals surface area contributed by atoms with Gasteiger partial charge in [0, 0.05) is 16.7 Å². The molecule has 6 rings (SSSR count). The fourth-order valence-electron chi connectivity index (χ4n) is 4.21. The number of hydrogen-bond donors (Lipinski definition) is 0. The summed E-state index contributed by atoms with van der Waals surface area (Å²) in [4.78, 5) is 32.1. The van der Waals surface area contributed by atoms with E-state index < -0.39 is 17.9 Å². The normalized spacial score (nSPS) is 9.90. The number of fused-ring (bicyclic) bond motifs is 3. The van der Waals surface area contributed by atoms with E-state index >= 15 is 0 Å². The second-order valence-corrected chi connectivity index (χ2v) is 8.44. The minimum Gasteiger partial charge on any atom is -0.545 e. The molecule has 0 unspecified atom stereocenters. The van der Waals surface area contributed by atoms with Crippen molar-refractivity contribution in [2.75, 3.05) is 0 Å². The van der Waals surface area contributed by atoms with Gasteiger partial charge in [0.05, 0.1) is 17.9 Å². The molecule has 0 N–H and O–H groups in total. The van der Waals surface area contributed by atoms with Crippen molar-refractivity contribution in [1.82, 2.24) is 0 Å². The predicted molar refractivity (Wildman–Crippen MR) is 145 cm³/mol. The van der Waals surface area contributed by atoms with Crippen LogP contribution in [0, 0.1) is 40.4 Å². The summed E-state index contributed by atoms with van der Waals surface area (Å²) in [6.07, 6.45) is 0. The van der Waals surface area contributed by atoms with Crippen molar-refractivity contribution in [2.24, 2.45) is 0 Å². The van der Waals surface area contributed by atoms with Crippen molar-refractivity contribution in [2.45, 2.75) is 0 Å². The number of carboxylic acid groups (broad SMARTS) is 3. The molecule has 40 heavy (non-hydrogen) atoms. The SMILES string of the molecule is O=C([O-])c1cccc2ccccc12.O=C([O-])c1cccc2ccccc12.O=C([O-])c1cccc2ccccc12.[Sm+3]. The molecule has 195 valence electrons. The molecular formula is C33H21O6Sm. The van der Waals surface area contributed by atoms with Crippen molar-refractivity contribution in [3.63, 3.8) is 0 Å². The van der Waals surface area contributed by atoms with E-state index in [2.05, 4.69) is 0 Å². The molecule has 0 aliphatic rings. The number of carboxylic acids is 3. The molecule has 0 atom stereocenters. The molecule has 0 fully saturated rings. The van der Waals surface area contributed by atoms with Gasteiger partial charge in [0.1, 0.15) is 0 Å². The first-order chi connectivity index (χ1) is 18.9. The Balaban J connectivity index is 0.000000163. The van der Waals surface area contributed by atoms with Gasteiger partial charge >= 0.3 is 40.4 Å². The zero-order valence-corrected chi connectivity index (χ0v) is 23.6. The topological polar surface area (TPSA) is 120 Å². The maximum atomic E-state index is 10.7. The first-order valence-corrected chi connectivity index (χ1v) is 11.9. The van der Waals surface area contributed by atoms with Crippen molar-refractivity contribution < 1.29 is 70.1 Å². The molecule has 6 nitrogen and oxygen atoms in total. The number of rotatable bonds is 3. The average Bonchev–Trinajstić information content (AvgIpc) is 2.96. The van der Waals surface area contributed by atoms with Gasteiger partial charge in [-0.1, -0.05) is 127 Å². The molecule has 0 aromatic heterocycles. The van der Waals surface area contributed by atoms with Gasteiger partial charge in [0.25, 0.3) is 0 Å². The quantitative estimate of drug-likeness (QED) is 0.285. The van der Waals surface area contributed by atoms with Crippen molar-refractivity contribution >= 4 is 50.2 Å². The largest absolute Gasteiger partial charge is 3.00 e. The molecule has 0 heterocycles. The van der Waals surface area contributed by atoms with Gasteiger partial charge < -0.3 is 29.7 Å². The molecule has 1 radical (unpaired) electrons. The van der Waals surface area contributed by atoms with Gasteiger partial charge in [-0.05, 0) is 32.3 Å². The van der Waals surface area contributed by atoms with Crippen LogP contribution in [-0.4, -0.2) is 17.9 Å². The number of carbonyl (C=O) groups is 3. The molecule has 0 saturated heterocycles. The Hall–Kier alpha value is -4.15. The summed E-state index contributed by atoms with van der Waals surface area (Å²) in [5.74, 6) is -3.38. The third kappa shape index (κ3) is 7.28. The maximum absolute atomic E-state index is 10.7. The number of aromatic carboxylic acids is 3. The van der Waals surface area contributed by atoms with Gasteiger partial charge in [-0.3, -0.25) is 0 Å². The van der Waals surface area contributed by atoms with E-state index in [4.69, 9.17) is 0 Å². The molecule has 7 heteroatoms. The summed E-state index contributed by atoms with van der Waals surface area (Å²) in [5, 5.41) is 37.1. The van der Waals surface area contributed by atoms with E-state index in [-0.39, 0.29) is 57.1 Å². The van der Waals surface area contributed by atoms with Crippen LogP contribution >= 0.6 is 0 Å². The summed E-state index contributed by atoms with van der Waals surface area (Å²) < 4.78 is 0.